The van der Waals surface area contributed by atoms with Crippen molar-refractivity contribution in [1.82, 2.24) is 5.32 Å². The van der Waals surface area contributed by atoms with E-state index >= 15 is 0 Å². The minimum absolute atomic E-state index is 0.349. The molecule has 100 valence electrons. The molecule has 0 saturated heterocycles. The molecule has 1 saturated carbocycles. The van der Waals surface area contributed by atoms with E-state index in [9.17, 15) is 0 Å². The van der Waals surface area contributed by atoms with Crippen LogP contribution in [-0.4, -0.2) is 18.7 Å². The highest BCUT2D eigenvalue weighted by molar-refractivity contribution is 9.10. The van der Waals surface area contributed by atoms with Gasteiger partial charge in [-0.15, -0.1) is 0 Å². The van der Waals surface area contributed by atoms with E-state index < -0.39 is 0 Å². The molecule has 0 radical (unpaired) electrons. The highest BCUT2D eigenvalue weighted by Gasteiger charge is 2.30. The highest BCUT2D eigenvalue weighted by Crippen LogP contribution is 2.36. The summed E-state index contributed by atoms with van der Waals surface area (Å²) < 4.78 is 7.15. The van der Waals surface area contributed by atoms with Gasteiger partial charge in [-0.2, -0.15) is 0 Å². The Labute approximate surface area is 122 Å². The average molecular weight is 320 g/mol. The molecule has 0 spiro atoms. The number of hydrogen-bond donors (Lipinski definition) is 1. The summed E-state index contributed by atoms with van der Waals surface area (Å²) in [4.78, 5) is 0. The Morgan fingerprint density at radius 1 is 1.21 bits per heavy atom. The Hall–Kier alpha value is -1.06. The van der Waals surface area contributed by atoms with E-state index in [2.05, 4.69) is 64.6 Å². The van der Waals surface area contributed by atoms with Crippen molar-refractivity contribution in [1.29, 1.82) is 0 Å². The van der Waals surface area contributed by atoms with Gasteiger partial charge in [0.2, 0.25) is 0 Å². The molecule has 2 aromatic rings. The van der Waals surface area contributed by atoms with Crippen LogP contribution in [0.2, 0.25) is 0 Å². The second-order valence-corrected chi connectivity index (χ2v) is 5.86. The van der Waals surface area contributed by atoms with Crippen molar-refractivity contribution in [2.24, 2.45) is 0 Å². The molecule has 1 aliphatic rings. The molecular formula is C16H18BrNO. The third kappa shape index (κ3) is 2.63. The molecule has 0 atom stereocenters. The summed E-state index contributed by atoms with van der Waals surface area (Å²) in [7, 11) is 0. The topological polar surface area (TPSA) is 21.3 Å². The smallest absolute Gasteiger partial charge is 0.134 e. The minimum Gasteiger partial charge on any atom is -0.489 e. The molecule has 3 heteroatoms. The first kappa shape index (κ1) is 12.9. The van der Waals surface area contributed by atoms with Gasteiger partial charge in [0.15, 0.2) is 0 Å². The molecule has 0 heterocycles. The van der Waals surface area contributed by atoms with Gasteiger partial charge in [0.25, 0.3) is 0 Å². The van der Waals surface area contributed by atoms with Gasteiger partial charge in [-0.25, -0.2) is 0 Å². The van der Waals surface area contributed by atoms with Crippen LogP contribution in [0.1, 0.15) is 19.8 Å². The molecular weight excluding hydrogens is 302 g/mol. The number of rotatable bonds is 4. The first-order valence-corrected chi connectivity index (χ1v) is 7.64. The first-order valence-electron chi connectivity index (χ1n) is 6.85. The standard InChI is InChI=1S/C16H18BrNO/c1-2-18-12-9-13(10-12)19-15-8-7-11-5-3-4-6-14(11)16(15)17/h3-8,12-13,18H,2,9-10H2,1H3. The van der Waals surface area contributed by atoms with Crippen molar-refractivity contribution in [3.8, 4) is 5.75 Å². The van der Waals surface area contributed by atoms with E-state index in [1.807, 2.05) is 0 Å². The van der Waals surface area contributed by atoms with Gasteiger partial charge < -0.3 is 10.1 Å². The van der Waals surface area contributed by atoms with Gasteiger partial charge in [-0.05, 0) is 52.2 Å². The van der Waals surface area contributed by atoms with Crippen molar-refractivity contribution in [2.75, 3.05) is 6.54 Å². The lowest BCUT2D eigenvalue weighted by molar-refractivity contribution is 0.0854. The molecule has 1 fully saturated rings. The number of nitrogens with one attached hydrogen (secondary N) is 1. The largest absolute Gasteiger partial charge is 0.489 e. The number of benzene rings is 2. The molecule has 19 heavy (non-hydrogen) atoms. The van der Waals surface area contributed by atoms with Crippen LogP contribution < -0.4 is 10.1 Å². The highest BCUT2D eigenvalue weighted by atomic mass is 79.9. The summed E-state index contributed by atoms with van der Waals surface area (Å²) in [5.74, 6) is 0.957. The molecule has 2 aromatic carbocycles. The Bertz CT molecular complexity index is 578. The summed E-state index contributed by atoms with van der Waals surface area (Å²) in [6, 6.07) is 13.2. The normalized spacial score (nSPS) is 22.2. The minimum atomic E-state index is 0.349. The van der Waals surface area contributed by atoms with Crippen LogP contribution in [0.3, 0.4) is 0 Å². The Morgan fingerprint density at radius 3 is 2.79 bits per heavy atom. The van der Waals surface area contributed by atoms with Crippen LogP contribution in [-0.2, 0) is 0 Å². The van der Waals surface area contributed by atoms with Crippen LogP contribution in [0.4, 0.5) is 0 Å². The van der Waals surface area contributed by atoms with E-state index in [4.69, 9.17) is 4.74 Å². The molecule has 0 bridgehead atoms. The van der Waals surface area contributed by atoms with Crippen LogP contribution in [0.25, 0.3) is 10.8 Å². The van der Waals surface area contributed by atoms with E-state index in [0.29, 0.717) is 12.1 Å². The number of hydrogen-bond acceptors (Lipinski definition) is 2. The maximum Gasteiger partial charge on any atom is 0.134 e. The molecule has 1 N–H and O–H groups in total. The fourth-order valence-corrected chi connectivity index (χ4v) is 3.19. The second kappa shape index (κ2) is 5.51. The predicted molar refractivity (Wildman–Crippen MR) is 82.8 cm³/mol. The van der Waals surface area contributed by atoms with Gasteiger partial charge >= 0.3 is 0 Å². The van der Waals surface area contributed by atoms with Gasteiger partial charge in [0.1, 0.15) is 11.9 Å². The summed E-state index contributed by atoms with van der Waals surface area (Å²) in [5.41, 5.74) is 0. The van der Waals surface area contributed by atoms with E-state index in [-0.39, 0.29) is 0 Å². The van der Waals surface area contributed by atoms with E-state index in [1.54, 1.807) is 0 Å². The summed E-state index contributed by atoms with van der Waals surface area (Å²) in [6.45, 7) is 3.19. The molecule has 0 aromatic heterocycles. The van der Waals surface area contributed by atoms with Gasteiger partial charge in [-0.3, -0.25) is 0 Å². The number of fused-ring (bicyclic) bond motifs is 1. The zero-order valence-corrected chi connectivity index (χ0v) is 12.6. The summed E-state index contributed by atoms with van der Waals surface area (Å²) >= 11 is 3.67. The first-order chi connectivity index (χ1) is 9.28. The molecule has 0 unspecified atom stereocenters. The van der Waals surface area contributed by atoms with Crippen LogP contribution in [0.15, 0.2) is 40.9 Å². The molecule has 2 nitrogen and oxygen atoms in total. The lowest BCUT2D eigenvalue weighted by atomic mass is 9.89. The van der Waals surface area contributed by atoms with Gasteiger partial charge in [-0.1, -0.05) is 37.3 Å². The lowest BCUT2D eigenvalue weighted by Crippen LogP contribution is -2.46. The third-order valence-corrected chi connectivity index (χ3v) is 4.53. The third-order valence-electron chi connectivity index (χ3n) is 3.71. The van der Waals surface area contributed by atoms with Crippen molar-refractivity contribution >= 4 is 26.7 Å². The number of halogens is 1. The molecule has 1 aliphatic carbocycles. The number of ether oxygens (including phenoxy) is 1. The zero-order valence-electron chi connectivity index (χ0n) is 11.0. The van der Waals surface area contributed by atoms with Crippen molar-refractivity contribution in [2.45, 2.75) is 31.9 Å². The zero-order chi connectivity index (χ0) is 13.2. The lowest BCUT2D eigenvalue weighted by Gasteiger charge is -2.36. The second-order valence-electron chi connectivity index (χ2n) is 5.06. The van der Waals surface area contributed by atoms with Crippen LogP contribution in [0, 0.1) is 0 Å². The quantitative estimate of drug-likeness (QED) is 0.915. The Morgan fingerprint density at radius 2 is 2.00 bits per heavy atom. The molecule has 0 aliphatic heterocycles. The monoisotopic (exact) mass is 319 g/mol. The SMILES string of the molecule is CCNC1CC(Oc2ccc3ccccc3c2Br)C1. The van der Waals surface area contributed by atoms with Gasteiger partial charge in [0.05, 0.1) is 4.47 Å². The van der Waals surface area contributed by atoms with E-state index in [0.717, 1.165) is 29.6 Å². The molecule has 0 amide bonds. The van der Waals surface area contributed by atoms with Gasteiger partial charge in [0, 0.05) is 6.04 Å². The molecule has 3 rings (SSSR count). The maximum atomic E-state index is 6.08. The fraction of sp³-hybridized carbons (Fsp3) is 0.375. The summed E-state index contributed by atoms with van der Waals surface area (Å²) in [5, 5.41) is 5.90. The van der Waals surface area contributed by atoms with Crippen LogP contribution in [0.5, 0.6) is 5.75 Å². The van der Waals surface area contributed by atoms with Crippen molar-refractivity contribution < 1.29 is 4.74 Å². The maximum absolute atomic E-state index is 6.08. The Kier molecular flexibility index (Phi) is 3.76. The predicted octanol–water partition coefficient (Wildman–Crippen LogP) is 4.12. The van der Waals surface area contributed by atoms with Crippen molar-refractivity contribution in [3.63, 3.8) is 0 Å². The van der Waals surface area contributed by atoms with Crippen molar-refractivity contribution in [3.05, 3.63) is 40.9 Å². The summed E-state index contributed by atoms with van der Waals surface area (Å²) in [6.07, 6.45) is 2.56. The van der Waals surface area contributed by atoms with Crippen LogP contribution >= 0.6 is 15.9 Å². The Balaban J connectivity index is 1.74. The van der Waals surface area contributed by atoms with E-state index in [1.165, 1.54) is 10.8 Å². The fourth-order valence-electron chi connectivity index (χ4n) is 2.60. The average Bonchev–Trinajstić information content (AvgIpc) is 2.39.